The molecule has 0 aliphatic heterocycles. The third-order valence-electron chi connectivity index (χ3n) is 2.53. The van der Waals surface area contributed by atoms with Crippen molar-refractivity contribution in [2.24, 2.45) is 5.73 Å². The SMILES string of the molecule is CCCN(CCN(C)C)C(CC)C(=N)N. The lowest BCUT2D eigenvalue weighted by molar-refractivity contribution is 0.211. The molecular weight excluding hydrogens is 188 g/mol. The Balaban J connectivity index is 4.27. The number of rotatable bonds is 8. The number of amidine groups is 1. The summed E-state index contributed by atoms with van der Waals surface area (Å²) in [4.78, 5) is 4.47. The van der Waals surface area contributed by atoms with Crippen molar-refractivity contribution >= 4 is 5.84 Å². The van der Waals surface area contributed by atoms with Gasteiger partial charge in [-0.05, 0) is 33.5 Å². The van der Waals surface area contributed by atoms with Crippen molar-refractivity contribution in [3.8, 4) is 0 Å². The second kappa shape index (κ2) is 7.65. The minimum atomic E-state index is 0.116. The highest BCUT2D eigenvalue weighted by molar-refractivity contribution is 5.82. The molecule has 0 amide bonds. The zero-order chi connectivity index (χ0) is 11.8. The van der Waals surface area contributed by atoms with E-state index in [1.807, 2.05) is 0 Å². The topological polar surface area (TPSA) is 56.4 Å². The molecule has 4 heteroatoms. The van der Waals surface area contributed by atoms with E-state index < -0.39 is 0 Å². The molecule has 1 atom stereocenters. The van der Waals surface area contributed by atoms with Gasteiger partial charge >= 0.3 is 0 Å². The maximum atomic E-state index is 7.57. The van der Waals surface area contributed by atoms with Crippen LogP contribution >= 0.6 is 0 Å². The van der Waals surface area contributed by atoms with Gasteiger partial charge in [-0.25, -0.2) is 0 Å². The van der Waals surface area contributed by atoms with Gasteiger partial charge < -0.3 is 10.6 Å². The van der Waals surface area contributed by atoms with Crippen LogP contribution in [0.4, 0.5) is 0 Å². The molecule has 0 rings (SSSR count). The fourth-order valence-electron chi connectivity index (χ4n) is 1.71. The molecule has 0 spiro atoms. The van der Waals surface area contributed by atoms with Crippen LogP contribution in [-0.2, 0) is 0 Å². The summed E-state index contributed by atoms with van der Waals surface area (Å²) in [6, 6.07) is 0.116. The molecule has 0 saturated heterocycles. The Hall–Kier alpha value is -0.610. The van der Waals surface area contributed by atoms with Gasteiger partial charge in [-0.3, -0.25) is 10.3 Å². The summed E-state index contributed by atoms with van der Waals surface area (Å²) in [7, 11) is 4.14. The number of nitrogens with zero attached hydrogens (tertiary/aromatic N) is 2. The van der Waals surface area contributed by atoms with Crippen molar-refractivity contribution in [1.29, 1.82) is 5.41 Å². The highest BCUT2D eigenvalue weighted by Crippen LogP contribution is 2.05. The molecule has 0 radical (unpaired) electrons. The third-order valence-corrected chi connectivity index (χ3v) is 2.53. The van der Waals surface area contributed by atoms with Gasteiger partial charge in [0, 0.05) is 13.1 Å². The summed E-state index contributed by atoms with van der Waals surface area (Å²) in [6.45, 7) is 7.27. The fraction of sp³-hybridized carbons (Fsp3) is 0.909. The number of nitrogens with two attached hydrogens (primary N) is 1. The zero-order valence-corrected chi connectivity index (χ0v) is 10.6. The largest absolute Gasteiger partial charge is 0.386 e. The molecule has 0 aliphatic carbocycles. The number of nitrogens with one attached hydrogen (secondary N) is 1. The van der Waals surface area contributed by atoms with Crippen LogP contribution in [0.15, 0.2) is 0 Å². The first kappa shape index (κ1) is 14.4. The Bertz CT molecular complexity index is 179. The average Bonchev–Trinajstić information content (AvgIpc) is 2.14. The molecule has 3 N–H and O–H groups in total. The van der Waals surface area contributed by atoms with Crippen LogP contribution in [0.1, 0.15) is 26.7 Å². The van der Waals surface area contributed by atoms with Crippen molar-refractivity contribution in [3.63, 3.8) is 0 Å². The normalized spacial score (nSPS) is 13.5. The molecule has 0 aromatic heterocycles. The van der Waals surface area contributed by atoms with E-state index in [0.29, 0.717) is 5.84 Å². The summed E-state index contributed by atoms with van der Waals surface area (Å²) >= 11 is 0. The summed E-state index contributed by atoms with van der Waals surface area (Å²) in [5, 5.41) is 7.57. The van der Waals surface area contributed by atoms with Crippen molar-refractivity contribution in [2.75, 3.05) is 33.7 Å². The van der Waals surface area contributed by atoms with Crippen LogP contribution in [0.3, 0.4) is 0 Å². The highest BCUT2D eigenvalue weighted by Gasteiger charge is 2.18. The zero-order valence-electron chi connectivity index (χ0n) is 10.6. The minimum absolute atomic E-state index is 0.116. The number of hydrogen-bond acceptors (Lipinski definition) is 3. The van der Waals surface area contributed by atoms with Crippen LogP contribution in [0.25, 0.3) is 0 Å². The van der Waals surface area contributed by atoms with Gasteiger partial charge in [0.2, 0.25) is 0 Å². The molecule has 0 saturated carbocycles. The van der Waals surface area contributed by atoms with E-state index in [1.54, 1.807) is 0 Å². The van der Waals surface area contributed by atoms with E-state index in [4.69, 9.17) is 11.1 Å². The van der Waals surface area contributed by atoms with E-state index in [2.05, 4.69) is 37.7 Å². The van der Waals surface area contributed by atoms with Crippen LogP contribution in [0, 0.1) is 5.41 Å². The van der Waals surface area contributed by atoms with Gasteiger partial charge in [-0.2, -0.15) is 0 Å². The molecule has 4 nitrogen and oxygen atoms in total. The van der Waals surface area contributed by atoms with Crippen LogP contribution in [0.5, 0.6) is 0 Å². The van der Waals surface area contributed by atoms with E-state index in [1.165, 1.54) is 0 Å². The van der Waals surface area contributed by atoms with Crippen LogP contribution < -0.4 is 5.73 Å². The Morgan fingerprint density at radius 1 is 1.20 bits per heavy atom. The Morgan fingerprint density at radius 2 is 1.80 bits per heavy atom. The van der Waals surface area contributed by atoms with Gasteiger partial charge in [-0.1, -0.05) is 13.8 Å². The Kier molecular flexibility index (Phi) is 7.34. The van der Waals surface area contributed by atoms with Crippen molar-refractivity contribution < 1.29 is 0 Å². The lowest BCUT2D eigenvalue weighted by Crippen LogP contribution is -2.46. The molecule has 0 aromatic rings. The van der Waals surface area contributed by atoms with Gasteiger partial charge in [0.15, 0.2) is 0 Å². The van der Waals surface area contributed by atoms with E-state index in [-0.39, 0.29) is 6.04 Å². The maximum Gasteiger partial charge on any atom is 0.108 e. The lowest BCUT2D eigenvalue weighted by atomic mass is 10.1. The van der Waals surface area contributed by atoms with Crippen molar-refractivity contribution in [3.05, 3.63) is 0 Å². The standard InChI is InChI=1S/C11H26N4/c1-5-7-15(9-8-14(3)4)10(6-2)11(12)13/h10H,5-9H2,1-4H3,(H3,12,13). The predicted molar refractivity (Wildman–Crippen MR) is 66.4 cm³/mol. The summed E-state index contributed by atoms with van der Waals surface area (Å²) in [6.07, 6.45) is 2.03. The number of likely N-dealkylation sites (N-methyl/N-ethyl adjacent to an activating group) is 1. The first-order chi connectivity index (χ1) is 7.02. The fourth-order valence-corrected chi connectivity index (χ4v) is 1.71. The van der Waals surface area contributed by atoms with Crippen molar-refractivity contribution in [2.45, 2.75) is 32.7 Å². The number of hydrogen-bond donors (Lipinski definition) is 2. The van der Waals surface area contributed by atoms with Crippen LogP contribution in [-0.4, -0.2) is 55.4 Å². The monoisotopic (exact) mass is 214 g/mol. The molecule has 0 aliphatic rings. The molecule has 0 heterocycles. The lowest BCUT2D eigenvalue weighted by Gasteiger charge is -2.30. The first-order valence-electron chi connectivity index (χ1n) is 5.75. The second-order valence-electron chi connectivity index (χ2n) is 4.22. The average molecular weight is 214 g/mol. The minimum Gasteiger partial charge on any atom is -0.386 e. The second-order valence-corrected chi connectivity index (χ2v) is 4.22. The van der Waals surface area contributed by atoms with E-state index in [0.717, 1.165) is 32.5 Å². The highest BCUT2D eigenvalue weighted by atomic mass is 15.2. The smallest absolute Gasteiger partial charge is 0.108 e. The molecular formula is C11H26N4. The third kappa shape index (κ3) is 5.74. The van der Waals surface area contributed by atoms with Gasteiger partial charge in [0.1, 0.15) is 5.84 Å². The molecule has 0 fully saturated rings. The van der Waals surface area contributed by atoms with Gasteiger partial charge in [0.05, 0.1) is 6.04 Å². The summed E-state index contributed by atoms with van der Waals surface area (Å²) < 4.78 is 0. The molecule has 1 unspecified atom stereocenters. The van der Waals surface area contributed by atoms with Gasteiger partial charge in [0.25, 0.3) is 0 Å². The molecule has 15 heavy (non-hydrogen) atoms. The quantitative estimate of drug-likeness (QED) is 0.468. The van der Waals surface area contributed by atoms with E-state index >= 15 is 0 Å². The van der Waals surface area contributed by atoms with E-state index in [9.17, 15) is 0 Å². The molecule has 0 aromatic carbocycles. The maximum absolute atomic E-state index is 7.57. The summed E-state index contributed by atoms with van der Waals surface area (Å²) in [5.74, 6) is 0.296. The Morgan fingerprint density at radius 3 is 2.13 bits per heavy atom. The Labute approximate surface area is 93.9 Å². The van der Waals surface area contributed by atoms with Crippen LogP contribution in [0.2, 0.25) is 0 Å². The molecule has 0 bridgehead atoms. The molecule has 90 valence electrons. The van der Waals surface area contributed by atoms with Crippen molar-refractivity contribution in [1.82, 2.24) is 9.80 Å². The first-order valence-corrected chi connectivity index (χ1v) is 5.75. The predicted octanol–water partition coefficient (Wildman–Crippen LogP) is 0.975. The summed E-state index contributed by atoms with van der Waals surface area (Å²) in [5.41, 5.74) is 5.61. The van der Waals surface area contributed by atoms with Gasteiger partial charge in [-0.15, -0.1) is 0 Å².